The summed E-state index contributed by atoms with van der Waals surface area (Å²) in [6, 6.07) is 0. The van der Waals surface area contributed by atoms with Crippen molar-refractivity contribution in [2.24, 2.45) is 16.7 Å². The van der Waals surface area contributed by atoms with Crippen molar-refractivity contribution >= 4 is 11.9 Å². The van der Waals surface area contributed by atoms with E-state index in [1.165, 1.54) is 19.8 Å². The smallest absolute Gasteiger partial charge is 0.334 e. The van der Waals surface area contributed by atoms with Crippen LogP contribution in [0.25, 0.3) is 0 Å². The van der Waals surface area contributed by atoms with Crippen LogP contribution in [0, 0.1) is 16.7 Å². The molecule has 0 amide bonds. The Balaban J connectivity index is 2.59. The molecule has 116 valence electrons. The second kappa shape index (κ2) is 5.32. The van der Waals surface area contributed by atoms with Crippen LogP contribution in [0.4, 0.5) is 0 Å². The minimum atomic E-state index is -0.588. The molecule has 0 aliphatic heterocycles. The van der Waals surface area contributed by atoms with Crippen LogP contribution in [0.3, 0.4) is 0 Å². The minimum Gasteiger partial charge on any atom is -0.469 e. The second-order valence-corrected chi connectivity index (χ2v) is 6.81. The van der Waals surface area contributed by atoms with E-state index in [1.807, 2.05) is 6.08 Å². The number of methoxy groups -OCH3 is 2. The van der Waals surface area contributed by atoms with Gasteiger partial charge in [-0.15, -0.1) is 0 Å². The van der Waals surface area contributed by atoms with Gasteiger partial charge in [0.15, 0.2) is 0 Å². The molecule has 21 heavy (non-hydrogen) atoms. The molecule has 0 aromatic heterocycles. The number of ether oxygens (including phenoxy) is 2. The molecule has 0 aromatic carbocycles. The summed E-state index contributed by atoms with van der Waals surface area (Å²) in [6.07, 6.45) is 6.73. The first-order valence-electron chi connectivity index (χ1n) is 7.37. The molecular weight excluding hydrogens is 268 g/mol. The normalized spacial score (nSPS) is 30.6. The summed E-state index contributed by atoms with van der Waals surface area (Å²) in [6.45, 7) is 6.46. The van der Waals surface area contributed by atoms with E-state index in [2.05, 4.69) is 20.8 Å². The molecule has 2 aliphatic rings. The van der Waals surface area contributed by atoms with Crippen LogP contribution >= 0.6 is 0 Å². The first kappa shape index (κ1) is 15.8. The zero-order chi connectivity index (χ0) is 15.8. The van der Waals surface area contributed by atoms with Crippen molar-refractivity contribution in [3.05, 3.63) is 23.3 Å². The molecule has 2 atom stereocenters. The van der Waals surface area contributed by atoms with Crippen LogP contribution in [0.5, 0.6) is 0 Å². The Hall–Kier alpha value is -1.58. The lowest BCUT2D eigenvalue weighted by molar-refractivity contribution is -0.151. The molecule has 4 heteroatoms. The Kier molecular flexibility index (Phi) is 4.00. The molecule has 0 spiro atoms. The summed E-state index contributed by atoms with van der Waals surface area (Å²) in [4.78, 5) is 24.4. The van der Waals surface area contributed by atoms with Gasteiger partial charge in [-0.05, 0) is 18.3 Å². The van der Waals surface area contributed by atoms with E-state index in [0.29, 0.717) is 5.57 Å². The molecule has 0 bridgehead atoms. The van der Waals surface area contributed by atoms with Crippen LogP contribution in [-0.2, 0) is 19.1 Å². The van der Waals surface area contributed by atoms with Crippen LogP contribution < -0.4 is 0 Å². The van der Waals surface area contributed by atoms with E-state index in [9.17, 15) is 9.59 Å². The standard InChI is InChI=1S/C17H24O4/c1-16(2)9-6-10-17(3)12(16)8-7-11(14(18)20-4)13(17)15(19)21-5/h7-8,13H,6,9-10H2,1-5H3/t13-,17+/m1/s1. The predicted octanol–water partition coefficient (Wildman–Crippen LogP) is 3.03. The molecule has 0 aromatic rings. The number of allylic oxidation sites excluding steroid dienone is 3. The second-order valence-electron chi connectivity index (χ2n) is 6.81. The summed E-state index contributed by atoms with van der Waals surface area (Å²) in [7, 11) is 2.70. The van der Waals surface area contributed by atoms with E-state index in [-0.39, 0.29) is 16.8 Å². The van der Waals surface area contributed by atoms with Gasteiger partial charge in [-0.2, -0.15) is 0 Å². The number of hydrogen-bond acceptors (Lipinski definition) is 4. The van der Waals surface area contributed by atoms with Crippen molar-refractivity contribution < 1.29 is 19.1 Å². The average Bonchev–Trinajstić information content (AvgIpc) is 2.43. The highest BCUT2D eigenvalue weighted by molar-refractivity contribution is 5.97. The van der Waals surface area contributed by atoms with Gasteiger partial charge in [0, 0.05) is 5.41 Å². The molecule has 4 nitrogen and oxygen atoms in total. The zero-order valence-electron chi connectivity index (χ0n) is 13.5. The molecule has 1 fully saturated rings. The number of esters is 2. The maximum atomic E-state index is 12.4. The molecule has 0 heterocycles. The Morgan fingerprint density at radius 3 is 2.33 bits per heavy atom. The Labute approximate surface area is 126 Å². The van der Waals surface area contributed by atoms with Crippen molar-refractivity contribution in [1.29, 1.82) is 0 Å². The molecule has 1 saturated carbocycles. The summed E-state index contributed by atoms with van der Waals surface area (Å²) in [5, 5.41) is 0. The fourth-order valence-electron chi connectivity index (χ4n) is 4.08. The van der Waals surface area contributed by atoms with E-state index in [0.717, 1.165) is 19.3 Å². The van der Waals surface area contributed by atoms with Gasteiger partial charge in [-0.3, -0.25) is 4.79 Å². The van der Waals surface area contributed by atoms with Gasteiger partial charge in [0.25, 0.3) is 0 Å². The first-order chi connectivity index (χ1) is 9.78. The van der Waals surface area contributed by atoms with Crippen molar-refractivity contribution in [3.8, 4) is 0 Å². The molecule has 0 unspecified atom stereocenters. The third-order valence-corrected chi connectivity index (χ3v) is 5.08. The number of hydrogen-bond donors (Lipinski definition) is 0. The predicted molar refractivity (Wildman–Crippen MR) is 79.4 cm³/mol. The van der Waals surface area contributed by atoms with Gasteiger partial charge in [0.2, 0.25) is 0 Å². The van der Waals surface area contributed by atoms with Gasteiger partial charge < -0.3 is 9.47 Å². The maximum Gasteiger partial charge on any atom is 0.334 e. The molecule has 2 rings (SSSR count). The van der Waals surface area contributed by atoms with E-state index >= 15 is 0 Å². The average molecular weight is 292 g/mol. The van der Waals surface area contributed by atoms with Crippen molar-refractivity contribution in [2.45, 2.75) is 40.0 Å². The highest BCUT2D eigenvalue weighted by Gasteiger charge is 2.53. The monoisotopic (exact) mass is 292 g/mol. The van der Waals surface area contributed by atoms with E-state index in [4.69, 9.17) is 9.47 Å². The van der Waals surface area contributed by atoms with Crippen molar-refractivity contribution in [3.63, 3.8) is 0 Å². The number of fused-ring (bicyclic) bond motifs is 1. The maximum absolute atomic E-state index is 12.4. The van der Waals surface area contributed by atoms with Gasteiger partial charge in [-0.25, -0.2) is 4.79 Å². The Bertz CT molecular complexity index is 527. The molecule has 0 N–H and O–H groups in total. The third-order valence-electron chi connectivity index (χ3n) is 5.08. The van der Waals surface area contributed by atoms with Crippen molar-refractivity contribution in [1.82, 2.24) is 0 Å². The summed E-state index contributed by atoms with van der Waals surface area (Å²) in [5.41, 5.74) is 1.27. The fraction of sp³-hybridized carbons (Fsp3) is 0.647. The number of carbonyl (C=O) groups excluding carboxylic acids is 2. The topological polar surface area (TPSA) is 52.6 Å². The van der Waals surface area contributed by atoms with E-state index < -0.39 is 11.9 Å². The lowest BCUT2D eigenvalue weighted by Crippen LogP contribution is -2.46. The van der Waals surface area contributed by atoms with Crippen LogP contribution in [0.15, 0.2) is 23.3 Å². The van der Waals surface area contributed by atoms with Gasteiger partial charge in [0.1, 0.15) is 0 Å². The van der Waals surface area contributed by atoms with Gasteiger partial charge in [0.05, 0.1) is 25.7 Å². The molecule has 2 aliphatic carbocycles. The quantitative estimate of drug-likeness (QED) is 0.734. The van der Waals surface area contributed by atoms with Gasteiger partial charge in [-0.1, -0.05) is 44.9 Å². The summed E-state index contributed by atoms with van der Waals surface area (Å²) in [5.74, 6) is -1.41. The Morgan fingerprint density at radius 2 is 1.76 bits per heavy atom. The lowest BCUT2D eigenvalue weighted by atomic mass is 9.53. The highest BCUT2D eigenvalue weighted by Crippen LogP contribution is 2.57. The van der Waals surface area contributed by atoms with Gasteiger partial charge >= 0.3 is 11.9 Å². The van der Waals surface area contributed by atoms with Crippen molar-refractivity contribution in [2.75, 3.05) is 14.2 Å². The SMILES string of the molecule is COC(=O)C1=CC=C2C(C)(C)CCC[C@]2(C)[C@H]1C(=O)OC. The van der Waals surface area contributed by atoms with Crippen LogP contribution in [-0.4, -0.2) is 26.2 Å². The van der Waals surface area contributed by atoms with Crippen LogP contribution in [0.1, 0.15) is 40.0 Å². The highest BCUT2D eigenvalue weighted by atomic mass is 16.5. The summed E-state index contributed by atoms with van der Waals surface area (Å²) < 4.78 is 9.83. The minimum absolute atomic E-state index is 0.0252. The lowest BCUT2D eigenvalue weighted by Gasteiger charge is -2.50. The zero-order valence-corrected chi connectivity index (χ0v) is 13.5. The fourth-order valence-corrected chi connectivity index (χ4v) is 4.08. The molecule has 0 radical (unpaired) electrons. The van der Waals surface area contributed by atoms with Crippen LogP contribution in [0.2, 0.25) is 0 Å². The number of carbonyl (C=O) groups is 2. The van der Waals surface area contributed by atoms with E-state index in [1.54, 1.807) is 6.08 Å². The first-order valence-corrected chi connectivity index (χ1v) is 7.37. The number of rotatable bonds is 2. The largest absolute Gasteiger partial charge is 0.469 e. The molecular formula is C17H24O4. The third kappa shape index (κ3) is 2.41. The Morgan fingerprint density at radius 1 is 1.10 bits per heavy atom. The summed E-state index contributed by atoms with van der Waals surface area (Å²) >= 11 is 0. The molecule has 0 saturated heterocycles.